The highest BCUT2D eigenvalue weighted by molar-refractivity contribution is 6.18. The van der Waals surface area contributed by atoms with Crippen molar-refractivity contribution in [2.24, 2.45) is 4.99 Å². The van der Waals surface area contributed by atoms with E-state index in [0.29, 0.717) is 24.5 Å². The second-order valence-corrected chi connectivity index (χ2v) is 14.7. The molecule has 6 rings (SSSR count). The molecule has 3 aliphatic heterocycles. The summed E-state index contributed by atoms with van der Waals surface area (Å²) in [5.74, 6) is 0.901. The van der Waals surface area contributed by atoms with Gasteiger partial charge in [-0.1, -0.05) is 34.1 Å². The molecule has 2 aromatic carbocycles. The van der Waals surface area contributed by atoms with Crippen molar-refractivity contribution in [1.29, 1.82) is 0 Å². The van der Waals surface area contributed by atoms with E-state index in [4.69, 9.17) is 4.99 Å². The van der Waals surface area contributed by atoms with Gasteiger partial charge in [-0.15, -0.1) is 0 Å². The topological polar surface area (TPSA) is 35.9 Å². The van der Waals surface area contributed by atoms with Crippen LogP contribution in [0.1, 0.15) is 145 Å². The number of nitrogens with zero attached hydrogens (tertiary/aromatic N) is 3. The van der Waals surface area contributed by atoms with E-state index in [0.717, 1.165) is 32.4 Å². The maximum absolute atomic E-state index is 11.8. The molecule has 4 aliphatic rings. The number of aliphatic imine (C=N–C) groups is 1. The van der Waals surface area contributed by atoms with Gasteiger partial charge in [0.25, 0.3) is 0 Å². The SMILES string of the molecule is CCC(=O)CCCCCN=C1c2cc3c(cc2C(C)(C)c2c1cc1c4c2CCCN4CCC1)N(CC)C(C)(C)CC3C. The molecule has 0 spiro atoms. The zero-order chi connectivity index (χ0) is 29.8. The van der Waals surface area contributed by atoms with Crippen LogP contribution >= 0.6 is 0 Å². The summed E-state index contributed by atoms with van der Waals surface area (Å²) in [6, 6.07) is 7.68. The fourth-order valence-electron chi connectivity index (χ4n) is 9.03. The summed E-state index contributed by atoms with van der Waals surface area (Å²) in [6.07, 6.45) is 10.5. The van der Waals surface area contributed by atoms with Gasteiger partial charge in [0.15, 0.2) is 0 Å². The molecule has 0 saturated carbocycles. The van der Waals surface area contributed by atoms with Gasteiger partial charge in [0.05, 0.1) is 5.71 Å². The van der Waals surface area contributed by atoms with Gasteiger partial charge in [0.1, 0.15) is 5.78 Å². The van der Waals surface area contributed by atoms with Crippen molar-refractivity contribution in [3.8, 4) is 0 Å². The number of fused-ring (bicyclic) bond motifs is 4. The Hall–Kier alpha value is -2.62. The van der Waals surface area contributed by atoms with Gasteiger partial charge in [-0.25, -0.2) is 0 Å². The van der Waals surface area contributed by atoms with E-state index in [1.807, 2.05) is 6.92 Å². The molecule has 0 amide bonds. The van der Waals surface area contributed by atoms with Crippen molar-refractivity contribution in [2.75, 3.05) is 36.0 Å². The van der Waals surface area contributed by atoms with Crippen LogP contribution in [0.3, 0.4) is 0 Å². The Morgan fingerprint density at radius 1 is 0.976 bits per heavy atom. The summed E-state index contributed by atoms with van der Waals surface area (Å²) in [6.45, 7) is 20.8. The molecule has 0 N–H and O–H groups in total. The Morgan fingerprint density at radius 3 is 2.48 bits per heavy atom. The second-order valence-electron chi connectivity index (χ2n) is 14.7. The molecule has 0 fully saturated rings. The van der Waals surface area contributed by atoms with Crippen LogP contribution < -0.4 is 9.80 Å². The summed E-state index contributed by atoms with van der Waals surface area (Å²) in [5, 5.41) is 0. The van der Waals surface area contributed by atoms with E-state index in [9.17, 15) is 4.79 Å². The number of aryl methyl sites for hydroxylation is 1. The lowest BCUT2D eigenvalue weighted by atomic mass is 9.63. The maximum Gasteiger partial charge on any atom is 0.132 e. The fourth-order valence-corrected chi connectivity index (χ4v) is 9.03. The lowest BCUT2D eigenvalue weighted by Gasteiger charge is -2.49. The number of hydrogen-bond acceptors (Lipinski definition) is 4. The number of unbranched alkanes of at least 4 members (excludes halogenated alkanes) is 2. The summed E-state index contributed by atoms with van der Waals surface area (Å²) < 4.78 is 0. The number of anilines is 2. The molecule has 0 aromatic heterocycles. The summed E-state index contributed by atoms with van der Waals surface area (Å²) in [5.41, 5.74) is 14.7. The normalized spacial score (nSPS) is 22.4. The van der Waals surface area contributed by atoms with E-state index < -0.39 is 0 Å². The zero-order valence-electron chi connectivity index (χ0n) is 27.5. The average molecular weight is 568 g/mol. The Kier molecular flexibility index (Phi) is 7.81. The Balaban J connectivity index is 1.50. The monoisotopic (exact) mass is 567 g/mol. The van der Waals surface area contributed by atoms with Crippen molar-refractivity contribution in [1.82, 2.24) is 0 Å². The first-order chi connectivity index (χ1) is 20.1. The van der Waals surface area contributed by atoms with Crippen LogP contribution in [0.4, 0.5) is 11.4 Å². The average Bonchev–Trinajstić information content (AvgIpc) is 2.95. The molecule has 1 atom stereocenters. The van der Waals surface area contributed by atoms with Gasteiger partial charge in [0, 0.05) is 72.5 Å². The van der Waals surface area contributed by atoms with E-state index >= 15 is 0 Å². The molecule has 42 heavy (non-hydrogen) atoms. The quantitative estimate of drug-likeness (QED) is 0.300. The standard InChI is InChI=1S/C38H53N3O/c1-8-27(42)16-11-10-12-18-39-35-30-22-29-25(3)24-37(4,5)41(9-2)33(29)23-32(30)38(6,7)34-28-17-14-20-40-19-13-15-26(36(28)40)21-31(34)35/h21-23,25H,8-20,24H2,1-7H3. The van der Waals surface area contributed by atoms with Crippen molar-refractivity contribution in [3.05, 3.63) is 57.1 Å². The first-order valence-corrected chi connectivity index (χ1v) is 17.1. The van der Waals surface area contributed by atoms with Gasteiger partial charge >= 0.3 is 0 Å². The molecule has 2 aromatic rings. The molecule has 0 radical (unpaired) electrons. The molecular weight excluding hydrogens is 514 g/mol. The number of rotatable bonds is 8. The molecule has 4 nitrogen and oxygen atoms in total. The van der Waals surface area contributed by atoms with Crippen molar-refractivity contribution in [3.63, 3.8) is 0 Å². The van der Waals surface area contributed by atoms with Crippen LogP contribution in [0.15, 0.2) is 23.2 Å². The number of carbonyl (C=O) groups excluding carboxylic acids is 1. The smallest absolute Gasteiger partial charge is 0.132 e. The van der Waals surface area contributed by atoms with Crippen molar-refractivity contribution < 1.29 is 4.79 Å². The number of carbonyl (C=O) groups is 1. The molecule has 1 unspecified atom stereocenters. The van der Waals surface area contributed by atoms with E-state index in [-0.39, 0.29) is 11.0 Å². The Morgan fingerprint density at radius 2 is 1.74 bits per heavy atom. The second kappa shape index (κ2) is 11.1. The van der Waals surface area contributed by atoms with Gasteiger partial charge in [-0.3, -0.25) is 9.79 Å². The van der Waals surface area contributed by atoms with Gasteiger partial charge in [0.2, 0.25) is 0 Å². The number of hydrogen-bond donors (Lipinski definition) is 0. The Labute approximate surface area is 255 Å². The number of ketones is 1. The highest BCUT2D eigenvalue weighted by Crippen LogP contribution is 2.52. The van der Waals surface area contributed by atoms with Crippen molar-refractivity contribution >= 4 is 22.9 Å². The maximum atomic E-state index is 11.8. The molecule has 0 bridgehead atoms. The third kappa shape index (κ3) is 4.81. The largest absolute Gasteiger partial charge is 0.371 e. The Bertz CT molecular complexity index is 1410. The van der Waals surface area contributed by atoms with Crippen LogP contribution in [0.2, 0.25) is 0 Å². The zero-order valence-corrected chi connectivity index (χ0v) is 27.5. The number of Topliss-reactive ketones (excluding diaryl/α,β-unsaturated/α-hetero) is 1. The van der Waals surface area contributed by atoms with Crippen LogP contribution in [0.25, 0.3) is 0 Å². The van der Waals surface area contributed by atoms with Crippen LogP contribution in [-0.2, 0) is 23.1 Å². The van der Waals surface area contributed by atoms with Crippen molar-refractivity contribution in [2.45, 2.75) is 130 Å². The van der Waals surface area contributed by atoms with Gasteiger partial charge in [-0.05, 0) is 118 Å². The van der Waals surface area contributed by atoms with E-state index in [1.165, 1.54) is 78.8 Å². The van der Waals surface area contributed by atoms with Gasteiger partial charge in [-0.2, -0.15) is 0 Å². The van der Waals surface area contributed by atoms with Crippen LogP contribution in [-0.4, -0.2) is 43.2 Å². The van der Waals surface area contributed by atoms with Crippen LogP contribution in [0, 0.1) is 0 Å². The molecule has 4 heteroatoms. The minimum absolute atomic E-state index is 0.0890. The summed E-state index contributed by atoms with van der Waals surface area (Å²) in [7, 11) is 0. The van der Waals surface area contributed by atoms with E-state index in [1.54, 1.807) is 22.4 Å². The third-order valence-corrected chi connectivity index (χ3v) is 11.0. The molecular formula is C38H53N3O. The molecule has 1 aliphatic carbocycles. The van der Waals surface area contributed by atoms with Gasteiger partial charge < -0.3 is 9.80 Å². The van der Waals surface area contributed by atoms with Crippen LogP contribution in [0.5, 0.6) is 0 Å². The summed E-state index contributed by atoms with van der Waals surface area (Å²) in [4.78, 5) is 22.6. The molecule has 0 saturated heterocycles. The molecule has 226 valence electrons. The predicted octanol–water partition coefficient (Wildman–Crippen LogP) is 8.51. The lowest BCUT2D eigenvalue weighted by molar-refractivity contribution is -0.118. The first-order valence-electron chi connectivity index (χ1n) is 17.1. The minimum Gasteiger partial charge on any atom is -0.371 e. The first kappa shape index (κ1) is 29.5. The third-order valence-electron chi connectivity index (χ3n) is 11.0. The minimum atomic E-state index is -0.0890. The fraction of sp³-hybridized carbons (Fsp3) is 0.632. The predicted molar refractivity (Wildman–Crippen MR) is 178 cm³/mol. The number of benzene rings is 2. The summed E-state index contributed by atoms with van der Waals surface area (Å²) >= 11 is 0. The molecule has 3 heterocycles. The highest BCUT2D eigenvalue weighted by Gasteiger charge is 2.43. The van der Waals surface area contributed by atoms with E-state index in [2.05, 4.69) is 69.5 Å². The highest BCUT2D eigenvalue weighted by atomic mass is 16.1. The lowest BCUT2D eigenvalue weighted by Crippen LogP contribution is -2.48.